The molecule has 15 heavy (non-hydrogen) atoms. The molecule has 2 N–H and O–H groups in total. The Hall–Kier alpha value is -1.15. The van der Waals surface area contributed by atoms with Crippen LogP contribution in [0.15, 0.2) is 15.8 Å². The highest BCUT2D eigenvalue weighted by atomic mass is 35.7. The monoisotopic (exact) mass is 259 g/mol. The lowest BCUT2D eigenvalue weighted by Gasteiger charge is -2.06. The van der Waals surface area contributed by atoms with Gasteiger partial charge in [0.25, 0.3) is 21.0 Å². The average Bonchev–Trinajstić information content (AvgIpc) is 1.99. The van der Waals surface area contributed by atoms with E-state index in [1.165, 1.54) is 0 Å². The summed E-state index contributed by atoms with van der Waals surface area (Å²) in [5.74, 6) is -1.11. The summed E-state index contributed by atoms with van der Waals surface area (Å²) in [6.45, 7) is 0. The third kappa shape index (κ3) is 2.45. The first-order valence-electron chi connectivity index (χ1n) is 3.42. The molecule has 1 aromatic heterocycles. The van der Waals surface area contributed by atoms with E-state index in [4.69, 9.17) is 15.8 Å². The topological polar surface area (TPSA) is 87.2 Å². The molecule has 0 unspecified atom stereocenters. The molecule has 9 heteroatoms. The predicted molar refractivity (Wildman–Crippen MR) is 46.7 cm³/mol. The van der Waals surface area contributed by atoms with Gasteiger partial charge in [-0.1, -0.05) is 0 Å². The number of aromatic amines is 1. The molecule has 5 nitrogen and oxygen atoms in total. The van der Waals surface area contributed by atoms with E-state index in [0.717, 1.165) is 0 Å². The van der Waals surface area contributed by atoms with Gasteiger partial charge in [0.2, 0.25) is 0 Å². The first-order chi connectivity index (χ1) is 6.73. The Kier molecular flexibility index (Phi) is 3.00. The average molecular weight is 260 g/mol. The minimum atomic E-state index is -4.55. The summed E-state index contributed by atoms with van der Waals surface area (Å²) in [7, 11) is 0.268. The Balaban J connectivity index is 3.70. The van der Waals surface area contributed by atoms with Crippen molar-refractivity contribution < 1.29 is 22.3 Å². The van der Waals surface area contributed by atoms with E-state index in [1.807, 2.05) is 0 Å². The quantitative estimate of drug-likeness (QED) is 0.774. The fourth-order valence-corrected chi connectivity index (χ4v) is 2.16. The molecule has 0 spiro atoms. The Morgan fingerprint density at radius 2 is 2.00 bits per heavy atom. The smallest absolute Gasteiger partial charge is 0.279 e. The van der Waals surface area contributed by atoms with Crippen LogP contribution >= 0.6 is 10.7 Å². The normalized spacial score (nSPS) is 12.0. The molecule has 0 radical (unpaired) electrons. The van der Waals surface area contributed by atoms with Crippen molar-refractivity contribution in [3.05, 3.63) is 22.1 Å². The van der Waals surface area contributed by atoms with Gasteiger partial charge >= 0.3 is 0 Å². The fraction of sp³-hybridized carbons (Fsp3) is 0.167. The number of aromatic hydroxyl groups is 1. The zero-order valence-corrected chi connectivity index (χ0v) is 8.44. The van der Waals surface area contributed by atoms with E-state index in [9.17, 15) is 22.0 Å². The van der Waals surface area contributed by atoms with Crippen LogP contribution in [-0.2, 0) is 9.05 Å². The van der Waals surface area contributed by atoms with Crippen LogP contribution in [0.1, 0.15) is 12.1 Å². The van der Waals surface area contributed by atoms with Crippen molar-refractivity contribution in [2.45, 2.75) is 11.3 Å². The zero-order chi connectivity index (χ0) is 11.8. The highest BCUT2D eigenvalue weighted by molar-refractivity contribution is 8.13. The van der Waals surface area contributed by atoms with Crippen molar-refractivity contribution in [3.8, 4) is 5.75 Å². The maximum Gasteiger partial charge on any atom is 0.279 e. The summed E-state index contributed by atoms with van der Waals surface area (Å²) in [5.41, 5.74) is -2.28. The van der Waals surface area contributed by atoms with Gasteiger partial charge in [-0.25, -0.2) is 17.2 Å². The van der Waals surface area contributed by atoms with Crippen molar-refractivity contribution >= 4 is 19.7 Å². The van der Waals surface area contributed by atoms with Crippen molar-refractivity contribution in [1.29, 1.82) is 0 Å². The molecular weight excluding hydrogens is 256 g/mol. The number of alkyl halides is 2. The van der Waals surface area contributed by atoms with Crippen LogP contribution in [0.4, 0.5) is 8.78 Å². The van der Waals surface area contributed by atoms with E-state index >= 15 is 0 Å². The van der Waals surface area contributed by atoms with E-state index in [2.05, 4.69) is 0 Å². The van der Waals surface area contributed by atoms with Gasteiger partial charge in [-0.2, -0.15) is 0 Å². The maximum absolute atomic E-state index is 12.3. The molecule has 0 saturated heterocycles. The summed E-state index contributed by atoms with van der Waals surface area (Å²) in [4.78, 5) is 11.1. The summed E-state index contributed by atoms with van der Waals surface area (Å²) < 4.78 is 46.3. The van der Waals surface area contributed by atoms with Crippen LogP contribution in [-0.4, -0.2) is 18.5 Å². The van der Waals surface area contributed by atoms with Gasteiger partial charge < -0.3 is 10.1 Å². The molecule has 0 aliphatic carbocycles. The molecule has 1 aromatic rings. The second-order valence-corrected chi connectivity index (χ2v) is 5.00. The molecule has 0 bridgehead atoms. The standard InChI is InChI=1S/C6H4ClF2NO4S/c7-15(13,14)5-2(11)1-3(12)10-4(5)6(8)9/h1,6H,(H2,10,11,12). The lowest BCUT2D eigenvalue weighted by atomic mass is 10.3. The second-order valence-electron chi connectivity index (χ2n) is 2.50. The van der Waals surface area contributed by atoms with Gasteiger partial charge in [0.15, 0.2) is 0 Å². The maximum atomic E-state index is 12.3. The minimum absolute atomic E-state index is 0.446. The largest absolute Gasteiger partial charge is 0.506 e. The third-order valence-electron chi connectivity index (χ3n) is 1.46. The van der Waals surface area contributed by atoms with Crippen LogP contribution in [0.3, 0.4) is 0 Å². The Morgan fingerprint density at radius 1 is 1.47 bits per heavy atom. The van der Waals surface area contributed by atoms with Gasteiger partial charge in [0.1, 0.15) is 16.3 Å². The second kappa shape index (κ2) is 3.78. The first-order valence-corrected chi connectivity index (χ1v) is 5.73. The van der Waals surface area contributed by atoms with Crippen LogP contribution < -0.4 is 5.56 Å². The summed E-state index contributed by atoms with van der Waals surface area (Å²) in [5, 5.41) is 9.04. The SMILES string of the molecule is O=c1cc(O)c(S(=O)(=O)Cl)c(C(F)F)[nH]1. The van der Waals surface area contributed by atoms with Crippen molar-refractivity contribution in [3.63, 3.8) is 0 Å². The van der Waals surface area contributed by atoms with E-state index in [-0.39, 0.29) is 0 Å². The molecular formula is C6H4ClF2NO4S. The molecule has 0 fully saturated rings. The Bertz CT molecular complexity index is 539. The summed E-state index contributed by atoms with van der Waals surface area (Å²) >= 11 is 0. The number of pyridine rings is 1. The molecule has 0 atom stereocenters. The highest BCUT2D eigenvalue weighted by Gasteiger charge is 2.27. The Morgan fingerprint density at radius 3 is 2.40 bits per heavy atom. The van der Waals surface area contributed by atoms with Crippen molar-refractivity contribution in [2.75, 3.05) is 0 Å². The lowest BCUT2D eigenvalue weighted by molar-refractivity contribution is 0.141. The lowest BCUT2D eigenvalue weighted by Crippen LogP contribution is -2.12. The van der Waals surface area contributed by atoms with Crippen molar-refractivity contribution in [2.24, 2.45) is 0 Å². The zero-order valence-electron chi connectivity index (χ0n) is 6.87. The molecule has 84 valence electrons. The minimum Gasteiger partial charge on any atom is -0.506 e. The van der Waals surface area contributed by atoms with Gasteiger partial charge in [-0.05, 0) is 0 Å². The van der Waals surface area contributed by atoms with Gasteiger partial charge in [0.05, 0.1) is 0 Å². The molecule has 1 heterocycles. The third-order valence-corrected chi connectivity index (χ3v) is 2.84. The number of aromatic nitrogens is 1. The van der Waals surface area contributed by atoms with Crippen LogP contribution in [0.2, 0.25) is 0 Å². The number of nitrogens with one attached hydrogen (secondary N) is 1. The number of hydrogen-bond acceptors (Lipinski definition) is 4. The van der Waals surface area contributed by atoms with Crippen molar-refractivity contribution in [1.82, 2.24) is 4.98 Å². The predicted octanol–water partition coefficient (Wildman–Crippen LogP) is 0.946. The van der Waals surface area contributed by atoms with E-state index in [1.54, 1.807) is 4.98 Å². The molecule has 0 aliphatic rings. The highest BCUT2D eigenvalue weighted by Crippen LogP contribution is 2.32. The first kappa shape index (κ1) is 11.9. The molecule has 0 aliphatic heterocycles. The van der Waals surface area contributed by atoms with Crippen LogP contribution in [0, 0.1) is 0 Å². The number of halogens is 3. The van der Waals surface area contributed by atoms with Gasteiger partial charge in [0, 0.05) is 16.7 Å². The molecule has 0 amide bonds. The molecule has 0 saturated carbocycles. The number of rotatable bonds is 2. The number of H-pyrrole nitrogens is 1. The molecule has 0 aromatic carbocycles. The van der Waals surface area contributed by atoms with Crippen LogP contribution in [0.25, 0.3) is 0 Å². The van der Waals surface area contributed by atoms with E-state index in [0.29, 0.717) is 6.07 Å². The van der Waals surface area contributed by atoms with Gasteiger partial charge in [-0.3, -0.25) is 4.79 Å². The Labute approximate surface area is 86.7 Å². The van der Waals surface area contributed by atoms with Crippen LogP contribution in [0.5, 0.6) is 5.75 Å². The van der Waals surface area contributed by atoms with Gasteiger partial charge in [-0.15, -0.1) is 0 Å². The number of hydrogen-bond donors (Lipinski definition) is 2. The van der Waals surface area contributed by atoms with E-state index < -0.39 is 37.4 Å². The summed E-state index contributed by atoms with van der Waals surface area (Å²) in [6.07, 6.45) is -3.27. The molecule has 1 rings (SSSR count). The summed E-state index contributed by atoms with van der Waals surface area (Å²) in [6, 6.07) is 0.446. The fourth-order valence-electron chi connectivity index (χ4n) is 0.963.